The van der Waals surface area contributed by atoms with Crippen LogP contribution >= 0.6 is 0 Å². The standard InChI is InChI=1S/C18H16FN3O4/c19-13-2-5-16(6-3-13)26-11-15(23)10-20-18-8-1-12-9-14(22(24)25)4-7-17(12)21-18/h1-9,15,23H,10-11H2,(H,20,21). The van der Waals surface area contributed by atoms with Crippen molar-refractivity contribution in [3.63, 3.8) is 0 Å². The summed E-state index contributed by atoms with van der Waals surface area (Å²) in [4.78, 5) is 14.7. The Labute approximate surface area is 148 Å². The van der Waals surface area contributed by atoms with E-state index in [2.05, 4.69) is 10.3 Å². The molecule has 1 aromatic heterocycles. The fourth-order valence-electron chi connectivity index (χ4n) is 2.33. The van der Waals surface area contributed by atoms with Crippen LogP contribution in [0.25, 0.3) is 10.9 Å². The van der Waals surface area contributed by atoms with E-state index in [1.165, 1.54) is 36.4 Å². The normalized spacial score (nSPS) is 11.9. The van der Waals surface area contributed by atoms with E-state index < -0.39 is 11.0 Å². The van der Waals surface area contributed by atoms with Crippen molar-refractivity contribution < 1.29 is 19.2 Å². The van der Waals surface area contributed by atoms with E-state index in [-0.39, 0.29) is 24.7 Å². The number of hydrogen-bond donors (Lipinski definition) is 2. The van der Waals surface area contributed by atoms with E-state index in [1.54, 1.807) is 18.2 Å². The largest absolute Gasteiger partial charge is 0.491 e. The highest BCUT2D eigenvalue weighted by molar-refractivity contribution is 5.82. The Morgan fingerprint density at radius 2 is 1.96 bits per heavy atom. The molecular formula is C18H16FN3O4. The molecule has 2 N–H and O–H groups in total. The maximum Gasteiger partial charge on any atom is 0.270 e. The Hall–Kier alpha value is -3.26. The van der Waals surface area contributed by atoms with Gasteiger partial charge in [0, 0.05) is 24.1 Å². The minimum atomic E-state index is -0.797. The minimum absolute atomic E-state index is 0.00775. The Morgan fingerprint density at radius 1 is 1.19 bits per heavy atom. The third-order valence-electron chi connectivity index (χ3n) is 3.66. The first-order chi connectivity index (χ1) is 12.5. The lowest BCUT2D eigenvalue weighted by atomic mass is 10.2. The second-order valence-corrected chi connectivity index (χ2v) is 5.63. The van der Waals surface area contributed by atoms with Gasteiger partial charge in [0.2, 0.25) is 0 Å². The van der Waals surface area contributed by atoms with Gasteiger partial charge in [-0.1, -0.05) is 0 Å². The van der Waals surface area contributed by atoms with Crippen LogP contribution in [0.1, 0.15) is 0 Å². The Balaban J connectivity index is 1.55. The van der Waals surface area contributed by atoms with Gasteiger partial charge in [0.15, 0.2) is 0 Å². The van der Waals surface area contributed by atoms with Gasteiger partial charge >= 0.3 is 0 Å². The van der Waals surface area contributed by atoms with Crippen molar-refractivity contribution >= 4 is 22.4 Å². The fraction of sp³-hybridized carbons (Fsp3) is 0.167. The highest BCUT2D eigenvalue weighted by atomic mass is 19.1. The van der Waals surface area contributed by atoms with Crippen molar-refractivity contribution in [2.24, 2.45) is 0 Å². The predicted octanol–water partition coefficient (Wildman–Crippen LogP) is 3.13. The van der Waals surface area contributed by atoms with Crippen molar-refractivity contribution in [2.75, 3.05) is 18.5 Å². The number of halogens is 1. The summed E-state index contributed by atoms with van der Waals surface area (Å²) in [5.41, 5.74) is 0.617. The van der Waals surface area contributed by atoms with Crippen LogP contribution in [-0.2, 0) is 0 Å². The van der Waals surface area contributed by atoms with Gasteiger partial charge in [0.25, 0.3) is 5.69 Å². The number of nitro benzene ring substituents is 1. The molecule has 0 saturated heterocycles. The lowest BCUT2D eigenvalue weighted by molar-refractivity contribution is -0.384. The van der Waals surface area contributed by atoms with Crippen LogP contribution in [0.5, 0.6) is 5.75 Å². The monoisotopic (exact) mass is 357 g/mol. The zero-order valence-corrected chi connectivity index (χ0v) is 13.6. The van der Waals surface area contributed by atoms with Crippen LogP contribution < -0.4 is 10.1 Å². The summed E-state index contributed by atoms with van der Waals surface area (Å²) in [5, 5.41) is 24.4. The molecule has 0 fully saturated rings. The Kier molecular flexibility index (Phi) is 5.23. The van der Waals surface area contributed by atoms with Gasteiger partial charge in [-0.3, -0.25) is 10.1 Å². The number of non-ortho nitro benzene ring substituents is 1. The van der Waals surface area contributed by atoms with Crippen LogP contribution in [-0.4, -0.2) is 34.3 Å². The van der Waals surface area contributed by atoms with Crippen LogP contribution in [0.4, 0.5) is 15.9 Å². The first-order valence-corrected chi connectivity index (χ1v) is 7.87. The SMILES string of the molecule is O=[N+]([O-])c1ccc2nc(NCC(O)COc3ccc(F)cc3)ccc2c1. The van der Waals surface area contributed by atoms with Gasteiger partial charge in [0.05, 0.1) is 10.4 Å². The summed E-state index contributed by atoms with van der Waals surface area (Å²) in [5.74, 6) is 0.648. The third kappa shape index (κ3) is 4.42. The summed E-state index contributed by atoms with van der Waals surface area (Å²) in [7, 11) is 0. The molecule has 0 aliphatic rings. The summed E-state index contributed by atoms with van der Waals surface area (Å²) in [6.07, 6.45) is -0.797. The maximum atomic E-state index is 12.8. The minimum Gasteiger partial charge on any atom is -0.491 e. The van der Waals surface area contributed by atoms with Crippen molar-refractivity contribution in [1.29, 1.82) is 0 Å². The molecule has 8 heteroatoms. The molecular weight excluding hydrogens is 341 g/mol. The van der Waals surface area contributed by atoms with E-state index >= 15 is 0 Å². The number of fused-ring (bicyclic) bond motifs is 1. The second kappa shape index (κ2) is 7.75. The number of pyridine rings is 1. The number of rotatable bonds is 7. The van der Waals surface area contributed by atoms with Crippen molar-refractivity contribution in [3.05, 3.63) is 70.5 Å². The number of nitro groups is 1. The van der Waals surface area contributed by atoms with Crippen LogP contribution in [0.15, 0.2) is 54.6 Å². The molecule has 3 rings (SSSR count). The number of hydrogen-bond acceptors (Lipinski definition) is 6. The smallest absolute Gasteiger partial charge is 0.270 e. The van der Waals surface area contributed by atoms with Crippen molar-refractivity contribution in [3.8, 4) is 5.75 Å². The van der Waals surface area contributed by atoms with Gasteiger partial charge in [-0.05, 0) is 42.5 Å². The molecule has 0 saturated carbocycles. The molecule has 1 atom stereocenters. The molecule has 0 bridgehead atoms. The lowest BCUT2D eigenvalue weighted by Crippen LogP contribution is -2.26. The fourth-order valence-corrected chi connectivity index (χ4v) is 2.33. The zero-order chi connectivity index (χ0) is 18.5. The quantitative estimate of drug-likeness (QED) is 0.498. The predicted molar refractivity (Wildman–Crippen MR) is 94.8 cm³/mol. The molecule has 3 aromatic rings. The molecule has 0 aliphatic carbocycles. The van der Waals surface area contributed by atoms with Gasteiger partial charge in [-0.25, -0.2) is 9.37 Å². The van der Waals surface area contributed by atoms with E-state index in [9.17, 15) is 19.6 Å². The summed E-state index contributed by atoms with van der Waals surface area (Å²) < 4.78 is 18.2. The number of anilines is 1. The molecule has 7 nitrogen and oxygen atoms in total. The molecule has 0 radical (unpaired) electrons. The number of nitrogens with one attached hydrogen (secondary N) is 1. The highest BCUT2D eigenvalue weighted by Gasteiger charge is 2.09. The molecule has 2 aromatic carbocycles. The van der Waals surface area contributed by atoms with Crippen LogP contribution in [0, 0.1) is 15.9 Å². The average molecular weight is 357 g/mol. The lowest BCUT2D eigenvalue weighted by Gasteiger charge is -2.14. The van der Waals surface area contributed by atoms with Crippen LogP contribution in [0.3, 0.4) is 0 Å². The number of aliphatic hydroxyl groups excluding tert-OH is 1. The topological polar surface area (TPSA) is 97.5 Å². The summed E-state index contributed by atoms with van der Waals surface area (Å²) >= 11 is 0. The van der Waals surface area contributed by atoms with E-state index in [0.29, 0.717) is 22.5 Å². The molecule has 1 unspecified atom stereocenters. The number of aliphatic hydroxyl groups is 1. The molecule has 0 aliphatic heterocycles. The first kappa shape index (κ1) is 17.6. The molecule has 1 heterocycles. The molecule has 134 valence electrons. The van der Waals surface area contributed by atoms with Gasteiger partial charge in [-0.2, -0.15) is 0 Å². The van der Waals surface area contributed by atoms with Gasteiger partial charge in [0.1, 0.15) is 30.1 Å². The zero-order valence-electron chi connectivity index (χ0n) is 13.6. The second-order valence-electron chi connectivity index (χ2n) is 5.63. The van der Waals surface area contributed by atoms with Crippen molar-refractivity contribution in [2.45, 2.75) is 6.10 Å². The Bertz CT molecular complexity index is 918. The van der Waals surface area contributed by atoms with Crippen LogP contribution in [0.2, 0.25) is 0 Å². The van der Waals surface area contributed by atoms with Gasteiger partial charge < -0.3 is 15.2 Å². The number of ether oxygens (including phenoxy) is 1. The van der Waals surface area contributed by atoms with Crippen molar-refractivity contribution in [1.82, 2.24) is 4.98 Å². The number of aromatic nitrogens is 1. The molecule has 0 amide bonds. The van der Waals surface area contributed by atoms with Gasteiger partial charge in [-0.15, -0.1) is 0 Å². The third-order valence-corrected chi connectivity index (χ3v) is 3.66. The highest BCUT2D eigenvalue weighted by Crippen LogP contribution is 2.21. The van der Waals surface area contributed by atoms with E-state index in [4.69, 9.17) is 4.74 Å². The average Bonchev–Trinajstić information content (AvgIpc) is 2.65. The van der Waals surface area contributed by atoms with E-state index in [1.807, 2.05) is 0 Å². The molecule has 26 heavy (non-hydrogen) atoms. The maximum absolute atomic E-state index is 12.8. The number of benzene rings is 2. The summed E-state index contributed by atoms with van der Waals surface area (Å²) in [6, 6.07) is 13.4. The molecule has 0 spiro atoms. The van der Waals surface area contributed by atoms with E-state index in [0.717, 1.165) is 0 Å². The first-order valence-electron chi connectivity index (χ1n) is 7.87. The summed E-state index contributed by atoms with van der Waals surface area (Å²) in [6.45, 7) is 0.241. The number of nitrogens with zero attached hydrogens (tertiary/aromatic N) is 2. The Morgan fingerprint density at radius 3 is 2.69 bits per heavy atom.